The molecular weight excluding hydrogens is 327 g/mol. The molecule has 0 radical (unpaired) electrons. The molecule has 3 aromatic rings. The molecule has 1 aromatic heterocycles. The highest BCUT2D eigenvalue weighted by Gasteiger charge is 2.14. The quantitative estimate of drug-likeness (QED) is 0.640. The summed E-state index contributed by atoms with van der Waals surface area (Å²) < 4.78 is 23.3. The van der Waals surface area contributed by atoms with Crippen LogP contribution in [0.3, 0.4) is 0 Å². The van der Waals surface area contributed by atoms with Gasteiger partial charge in [-0.25, -0.2) is 4.39 Å². The first-order valence-electron chi connectivity index (χ1n) is 7.39. The summed E-state index contributed by atoms with van der Waals surface area (Å²) in [5, 5.41) is 11.9. The number of Topliss-reactive ketones (excluding diaryl/α,β-unsaturated/α-hetero) is 1. The van der Waals surface area contributed by atoms with E-state index in [0.29, 0.717) is 28.5 Å². The van der Waals surface area contributed by atoms with E-state index in [0.717, 1.165) is 0 Å². The van der Waals surface area contributed by atoms with Crippen LogP contribution in [0, 0.1) is 5.82 Å². The van der Waals surface area contributed by atoms with Gasteiger partial charge in [-0.3, -0.25) is 4.79 Å². The van der Waals surface area contributed by atoms with E-state index in [1.165, 1.54) is 31.1 Å². The first kappa shape index (κ1) is 16.6. The maximum Gasteiger partial charge on any atom is 0.204 e. The molecule has 7 nitrogen and oxygen atoms in total. The van der Waals surface area contributed by atoms with E-state index >= 15 is 0 Å². The third kappa shape index (κ3) is 3.63. The zero-order valence-electron chi connectivity index (χ0n) is 13.6. The number of methoxy groups -OCH3 is 2. The average molecular weight is 342 g/mol. The Kier molecular flexibility index (Phi) is 4.69. The number of benzene rings is 2. The number of carbonyl (C=O) groups excluding carboxylic acids is 1. The molecule has 2 aromatic carbocycles. The molecule has 0 saturated heterocycles. The highest BCUT2D eigenvalue weighted by Crippen LogP contribution is 2.27. The van der Waals surface area contributed by atoms with Crippen LogP contribution >= 0.6 is 0 Å². The second kappa shape index (κ2) is 7.08. The van der Waals surface area contributed by atoms with Crippen LogP contribution in [0.25, 0.3) is 11.4 Å². The van der Waals surface area contributed by atoms with Gasteiger partial charge in [-0.1, -0.05) is 0 Å². The minimum absolute atomic E-state index is 0.0797. The minimum atomic E-state index is -0.347. The summed E-state index contributed by atoms with van der Waals surface area (Å²) in [6.07, 6.45) is 0. The van der Waals surface area contributed by atoms with Crippen LogP contribution in [0.15, 0.2) is 42.5 Å². The lowest BCUT2D eigenvalue weighted by molar-refractivity contribution is 0.0961. The first-order valence-corrected chi connectivity index (χ1v) is 7.39. The van der Waals surface area contributed by atoms with Crippen molar-refractivity contribution in [2.75, 3.05) is 14.2 Å². The molecule has 0 aliphatic carbocycles. The largest absolute Gasteiger partial charge is 0.493 e. The molecule has 25 heavy (non-hydrogen) atoms. The molecule has 8 heteroatoms. The Hall–Kier alpha value is -3.29. The van der Waals surface area contributed by atoms with Gasteiger partial charge in [-0.2, -0.15) is 4.80 Å². The van der Waals surface area contributed by atoms with Gasteiger partial charge in [-0.05, 0) is 47.7 Å². The Morgan fingerprint density at radius 3 is 2.48 bits per heavy atom. The van der Waals surface area contributed by atoms with Crippen LogP contribution in [-0.2, 0) is 6.54 Å². The van der Waals surface area contributed by atoms with Crippen molar-refractivity contribution in [1.29, 1.82) is 0 Å². The maximum absolute atomic E-state index is 13.0. The lowest BCUT2D eigenvalue weighted by Gasteiger charge is -2.08. The molecule has 0 fully saturated rings. The van der Waals surface area contributed by atoms with Gasteiger partial charge < -0.3 is 9.47 Å². The van der Waals surface area contributed by atoms with Gasteiger partial charge in [0.25, 0.3) is 0 Å². The predicted molar refractivity (Wildman–Crippen MR) is 87.1 cm³/mol. The fourth-order valence-electron chi connectivity index (χ4n) is 2.25. The second-order valence-corrected chi connectivity index (χ2v) is 5.14. The fourth-order valence-corrected chi connectivity index (χ4v) is 2.25. The van der Waals surface area contributed by atoms with E-state index in [4.69, 9.17) is 9.47 Å². The van der Waals surface area contributed by atoms with Crippen LogP contribution < -0.4 is 9.47 Å². The molecule has 0 saturated carbocycles. The van der Waals surface area contributed by atoms with E-state index in [1.54, 1.807) is 30.3 Å². The van der Waals surface area contributed by atoms with Crippen LogP contribution in [0.4, 0.5) is 4.39 Å². The van der Waals surface area contributed by atoms with Crippen molar-refractivity contribution in [1.82, 2.24) is 20.2 Å². The van der Waals surface area contributed by atoms with Gasteiger partial charge in [0, 0.05) is 11.1 Å². The molecule has 128 valence electrons. The van der Waals surface area contributed by atoms with Crippen LogP contribution in [0.5, 0.6) is 11.5 Å². The number of carbonyl (C=O) groups is 1. The molecule has 0 aliphatic heterocycles. The van der Waals surface area contributed by atoms with Crippen molar-refractivity contribution >= 4 is 5.78 Å². The third-order valence-corrected chi connectivity index (χ3v) is 3.55. The number of nitrogens with zero attached hydrogens (tertiary/aromatic N) is 4. The molecule has 0 N–H and O–H groups in total. The number of ether oxygens (including phenoxy) is 2. The van der Waals surface area contributed by atoms with Crippen molar-refractivity contribution in [3.63, 3.8) is 0 Å². The molecule has 0 unspecified atom stereocenters. The molecule has 0 bridgehead atoms. The molecule has 1 heterocycles. The Bertz CT molecular complexity index is 893. The van der Waals surface area contributed by atoms with E-state index in [9.17, 15) is 9.18 Å². The van der Waals surface area contributed by atoms with Crippen LogP contribution in [0.2, 0.25) is 0 Å². The monoisotopic (exact) mass is 342 g/mol. The van der Waals surface area contributed by atoms with Gasteiger partial charge in [0.05, 0.1) is 14.2 Å². The lowest BCUT2D eigenvalue weighted by atomic mass is 10.1. The SMILES string of the molecule is COc1ccc(C(=O)Cn2nnc(-c3ccc(F)cc3)n2)cc1OC. The van der Waals surface area contributed by atoms with Crippen molar-refractivity contribution in [3.05, 3.63) is 53.8 Å². The van der Waals surface area contributed by atoms with Gasteiger partial charge in [0.15, 0.2) is 17.3 Å². The van der Waals surface area contributed by atoms with E-state index < -0.39 is 0 Å². The average Bonchev–Trinajstić information content (AvgIpc) is 3.10. The van der Waals surface area contributed by atoms with Gasteiger partial charge in [-0.15, -0.1) is 10.2 Å². The fraction of sp³-hybridized carbons (Fsp3) is 0.176. The summed E-state index contributed by atoms with van der Waals surface area (Å²) in [4.78, 5) is 13.6. The Morgan fingerprint density at radius 2 is 1.80 bits per heavy atom. The third-order valence-electron chi connectivity index (χ3n) is 3.55. The summed E-state index contributed by atoms with van der Waals surface area (Å²) in [6, 6.07) is 10.6. The van der Waals surface area contributed by atoms with Crippen LogP contribution in [0.1, 0.15) is 10.4 Å². The topological polar surface area (TPSA) is 79.1 Å². The summed E-state index contributed by atoms with van der Waals surface area (Å²) >= 11 is 0. The van der Waals surface area contributed by atoms with Crippen molar-refractivity contribution < 1.29 is 18.7 Å². The summed E-state index contributed by atoms with van der Waals surface area (Å²) in [5.41, 5.74) is 1.06. The Labute approximate surface area is 143 Å². The zero-order valence-corrected chi connectivity index (χ0v) is 13.6. The van der Waals surface area contributed by atoms with Crippen LogP contribution in [-0.4, -0.2) is 40.2 Å². The highest BCUT2D eigenvalue weighted by molar-refractivity contribution is 5.96. The summed E-state index contributed by atoms with van der Waals surface area (Å²) in [5.74, 6) is 0.771. The number of hydrogen-bond acceptors (Lipinski definition) is 6. The normalized spacial score (nSPS) is 10.5. The summed E-state index contributed by atoms with van der Waals surface area (Å²) in [7, 11) is 3.02. The number of ketones is 1. The zero-order chi connectivity index (χ0) is 17.8. The molecule has 0 atom stereocenters. The van der Waals surface area contributed by atoms with E-state index in [2.05, 4.69) is 15.4 Å². The number of aromatic nitrogens is 4. The van der Waals surface area contributed by atoms with E-state index in [1.807, 2.05) is 0 Å². The number of tetrazole rings is 1. The standard InChI is InChI=1S/C17H15FN4O3/c1-24-15-8-5-12(9-16(15)25-2)14(23)10-22-20-17(19-21-22)11-3-6-13(18)7-4-11/h3-9H,10H2,1-2H3. The number of halogens is 1. The highest BCUT2D eigenvalue weighted by atomic mass is 19.1. The van der Waals surface area contributed by atoms with Gasteiger partial charge in [0.1, 0.15) is 12.4 Å². The minimum Gasteiger partial charge on any atom is -0.493 e. The smallest absolute Gasteiger partial charge is 0.204 e. The van der Waals surface area contributed by atoms with Gasteiger partial charge >= 0.3 is 0 Å². The summed E-state index contributed by atoms with van der Waals surface area (Å²) in [6.45, 7) is -0.0797. The predicted octanol–water partition coefficient (Wildman–Crippen LogP) is 2.38. The Morgan fingerprint density at radius 1 is 1.08 bits per heavy atom. The second-order valence-electron chi connectivity index (χ2n) is 5.14. The van der Waals surface area contributed by atoms with Crippen molar-refractivity contribution in [2.24, 2.45) is 0 Å². The van der Waals surface area contributed by atoms with Gasteiger partial charge in [0.2, 0.25) is 5.82 Å². The molecular formula is C17H15FN4O3. The Balaban J connectivity index is 1.76. The number of rotatable bonds is 6. The number of hydrogen-bond donors (Lipinski definition) is 0. The van der Waals surface area contributed by atoms with E-state index in [-0.39, 0.29) is 18.1 Å². The lowest BCUT2D eigenvalue weighted by Crippen LogP contribution is -2.13. The first-order chi connectivity index (χ1) is 12.1. The van der Waals surface area contributed by atoms with Crippen molar-refractivity contribution in [3.8, 4) is 22.9 Å². The molecule has 3 rings (SSSR count). The molecule has 0 spiro atoms. The maximum atomic E-state index is 13.0. The molecule has 0 amide bonds. The van der Waals surface area contributed by atoms with Crippen molar-refractivity contribution in [2.45, 2.75) is 6.54 Å². The molecule has 0 aliphatic rings.